The van der Waals surface area contributed by atoms with Gasteiger partial charge in [0.05, 0.1) is 6.04 Å². The second-order valence-electron chi connectivity index (χ2n) is 7.61. The quantitative estimate of drug-likeness (QED) is 0.702. The van der Waals surface area contributed by atoms with Crippen LogP contribution in [0.5, 0.6) is 0 Å². The van der Waals surface area contributed by atoms with E-state index >= 15 is 0 Å². The van der Waals surface area contributed by atoms with Crippen LogP contribution in [0.3, 0.4) is 0 Å². The van der Waals surface area contributed by atoms with E-state index in [1.165, 1.54) is 0 Å². The molecule has 3 heterocycles. The summed E-state index contributed by atoms with van der Waals surface area (Å²) in [6.45, 7) is 1.85. The third kappa shape index (κ3) is 2.61. The average Bonchev–Trinajstić information content (AvgIpc) is 2.72. The molecule has 7 nitrogen and oxygen atoms in total. The molecular formula is C21H19ClN4O3. The molecule has 5 rings (SSSR count). The summed E-state index contributed by atoms with van der Waals surface area (Å²) in [5.41, 5.74) is 1.31. The molecule has 148 valence electrons. The van der Waals surface area contributed by atoms with Gasteiger partial charge in [0.15, 0.2) is 5.41 Å². The second kappa shape index (κ2) is 6.49. The lowest BCUT2D eigenvalue weighted by Crippen LogP contribution is -2.74. The Bertz CT molecular complexity index is 1010. The van der Waals surface area contributed by atoms with Crippen LogP contribution >= 0.6 is 11.6 Å². The van der Waals surface area contributed by atoms with Crippen molar-refractivity contribution in [2.24, 2.45) is 5.41 Å². The smallest absolute Gasteiger partial charge is 0.328 e. The number of anilines is 2. The van der Waals surface area contributed by atoms with Crippen molar-refractivity contribution in [3.63, 3.8) is 0 Å². The largest absolute Gasteiger partial charge is 0.368 e. The predicted molar refractivity (Wildman–Crippen MR) is 109 cm³/mol. The Hall–Kier alpha value is -3.06. The van der Waals surface area contributed by atoms with Crippen molar-refractivity contribution < 1.29 is 14.4 Å². The van der Waals surface area contributed by atoms with Crippen LogP contribution < -0.4 is 20.4 Å². The van der Waals surface area contributed by atoms with Gasteiger partial charge in [-0.15, -0.1) is 0 Å². The standard InChI is InChI=1S/C21H19ClN4O3/c22-15-7-4-8-16-14(15)11-21(18(27)23-20(29)24-19(21)28)17-12-25(9-10-26(16)17)13-5-2-1-3-6-13/h1-8,17H,9-12H2,(H2,23,24,27,28,29). The number of carbonyl (C=O) groups excluding carboxylic acids is 3. The molecule has 8 heteroatoms. The summed E-state index contributed by atoms with van der Waals surface area (Å²) < 4.78 is 0. The van der Waals surface area contributed by atoms with Crippen LogP contribution in [0, 0.1) is 5.41 Å². The second-order valence-corrected chi connectivity index (χ2v) is 8.02. The normalized spacial score (nSPS) is 22.7. The first-order valence-corrected chi connectivity index (χ1v) is 9.89. The maximum Gasteiger partial charge on any atom is 0.328 e. The molecule has 0 bridgehead atoms. The van der Waals surface area contributed by atoms with Crippen molar-refractivity contribution in [2.45, 2.75) is 12.5 Å². The van der Waals surface area contributed by atoms with Crippen molar-refractivity contribution in [3.05, 3.63) is 59.1 Å². The van der Waals surface area contributed by atoms with Gasteiger partial charge in [-0.2, -0.15) is 0 Å². The lowest BCUT2D eigenvalue weighted by atomic mass is 9.68. The predicted octanol–water partition coefficient (Wildman–Crippen LogP) is 1.94. The van der Waals surface area contributed by atoms with E-state index in [4.69, 9.17) is 11.6 Å². The van der Waals surface area contributed by atoms with E-state index in [1.54, 1.807) is 6.07 Å². The summed E-state index contributed by atoms with van der Waals surface area (Å²) in [5, 5.41) is 5.14. The molecule has 2 saturated heterocycles. The molecule has 2 aromatic rings. The monoisotopic (exact) mass is 410 g/mol. The minimum atomic E-state index is -1.43. The molecule has 0 radical (unpaired) electrons. The molecular weight excluding hydrogens is 392 g/mol. The molecule has 1 unspecified atom stereocenters. The summed E-state index contributed by atoms with van der Waals surface area (Å²) in [7, 11) is 0. The maximum atomic E-state index is 13.1. The van der Waals surface area contributed by atoms with E-state index in [0.717, 1.165) is 23.5 Å². The van der Waals surface area contributed by atoms with Gasteiger partial charge >= 0.3 is 6.03 Å². The van der Waals surface area contributed by atoms with Gasteiger partial charge in [0.2, 0.25) is 11.8 Å². The minimum Gasteiger partial charge on any atom is -0.368 e. The number of rotatable bonds is 1. The van der Waals surface area contributed by atoms with Crippen LogP contribution in [0.1, 0.15) is 5.56 Å². The lowest BCUT2D eigenvalue weighted by molar-refractivity contribution is -0.146. The Balaban J connectivity index is 1.64. The summed E-state index contributed by atoms with van der Waals surface area (Å²) in [5.74, 6) is -1.14. The number of hydrogen-bond donors (Lipinski definition) is 2. The Kier molecular flexibility index (Phi) is 4.03. The zero-order chi connectivity index (χ0) is 20.2. The number of halogens is 1. The maximum absolute atomic E-state index is 13.1. The fourth-order valence-corrected chi connectivity index (χ4v) is 5.02. The number of imide groups is 2. The number of barbiturate groups is 1. The zero-order valence-corrected chi connectivity index (χ0v) is 16.3. The number of hydrogen-bond acceptors (Lipinski definition) is 5. The minimum absolute atomic E-state index is 0.150. The van der Waals surface area contributed by atoms with E-state index in [0.29, 0.717) is 18.1 Å². The zero-order valence-electron chi connectivity index (χ0n) is 15.5. The summed E-state index contributed by atoms with van der Waals surface area (Å²) >= 11 is 6.46. The van der Waals surface area contributed by atoms with Crippen LogP contribution in [0.2, 0.25) is 5.02 Å². The van der Waals surface area contributed by atoms with Gasteiger partial charge in [-0.05, 0) is 29.8 Å². The highest BCUT2D eigenvalue weighted by Gasteiger charge is 2.61. The molecule has 29 heavy (non-hydrogen) atoms. The molecule has 4 amide bonds. The lowest BCUT2D eigenvalue weighted by Gasteiger charge is -2.54. The van der Waals surface area contributed by atoms with E-state index in [1.807, 2.05) is 42.5 Å². The highest BCUT2D eigenvalue weighted by atomic mass is 35.5. The SMILES string of the molecule is O=C1NC(=O)C2(Cc3c(Cl)cccc3N3CCN(c4ccccc4)CC32)C(=O)N1. The fraction of sp³-hybridized carbons (Fsp3) is 0.286. The molecule has 0 aromatic heterocycles. The van der Waals surface area contributed by atoms with E-state index in [2.05, 4.69) is 20.4 Å². The fourth-order valence-electron chi connectivity index (χ4n) is 4.78. The first kappa shape index (κ1) is 18.0. The average molecular weight is 411 g/mol. The van der Waals surface area contributed by atoms with Crippen molar-refractivity contribution in [2.75, 3.05) is 29.4 Å². The van der Waals surface area contributed by atoms with Gasteiger partial charge in [0, 0.05) is 42.5 Å². The number of amides is 4. The van der Waals surface area contributed by atoms with Crippen molar-refractivity contribution >= 4 is 40.8 Å². The molecule has 3 aliphatic rings. The third-order valence-corrected chi connectivity index (χ3v) is 6.55. The molecule has 1 spiro atoms. The summed E-state index contributed by atoms with van der Waals surface area (Å²) in [6.07, 6.45) is 0.150. The number of urea groups is 1. The first-order valence-electron chi connectivity index (χ1n) is 9.51. The third-order valence-electron chi connectivity index (χ3n) is 6.19. The molecule has 2 aromatic carbocycles. The number of piperazine rings is 1. The molecule has 2 N–H and O–H groups in total. The molecule has 1 atom stereocenters. The number of nitrogens with one attached hydrogen (secondary N) is 2. The van der Waals surface area contributed by atoms with Gasteiger partial charge in [-0.3, -0.25) is 20.2 Å². The highest BCUT2D eigenvalue weighted by Crippen LogP contribution is 2.46. The van der Waals surface area contributed by atoms with Gasteiger partial charge in [-0.1, -0.05) is 35.9 Å². The Labute approximate surface area is 172 Å². The Morgan fingerprint density at radius 2 is 1.66 bits per heavy atom. The van der Waals surface area contributed by atoms with Crippen LogP contribution in [0.4, 0.5) is 16.2 Å². The van der Waals surface area contributed by atoms with Crippen LogP contribution in [0.25, 0.3) is 0 Å². The van der Waals surface area contributed by atoms with Gasteiger partial charge < -0.3 is 9.80 Å². The topological polar surface area (TPSA) is 81.8 Å². The van der Waals surface area contributed by atoms with Crippen molar-refractivity contribution in [3.8, 4) is 0 Å². The van der Waals surface area contributed by atoms with Crippen LogP contribution in [0.15, 0.2) is 48.5 Å². The van der Waals surface area contributed by atoms with Gasteiger partial charge in [-0.25, -0.2) is 4.79 Å². The Morgan fingerprint density at radius 3 is 2.38 bits per heavy atom. The number of carbonyl (C=O) groups is 3. The van der Waals surface area contributed by atoms with Crippen molar-refractivity contribution in [1.82, 2.24) is 10.6 Å². The Morgan fingerprint density at radius 1 is 0.931 bits per heavy atom. The number of fused-ring (bicyclic) bond motifs is 4. The van der Waals surface area contributed by atoms with Gasteiger partial charge in [0.25, 0.3) is 0 Å². The van der Waals surface area contributed by atoms with E-state index in [-0.39, 0.29) is 6.42 Å². The van der Waals surface area contributed by atoms with E-state index < -0.39 is 29.3 Å². The molecule has 0 saturated carbocycles. The van der Waals surface area contributed by atoms with E-state index in [9.17, 15) is 14.4 Å². The van der Waals surface area contributed by atoms with Crippen LogP contribution in [-0.4, -0.2) is 43.5 Å². The van der Waals surface area contributed by atoms with Crippen molar-refractivity contribution in [1.29, 1.82) is 0 Å². The molecule has 3 aliphatic heterocycles. The number of nitrogens with zero attached hydrogens (tertiary/aromatic N) is 2. The molecule has 0 aliphatic carbocycles. The van der Waals surface area contributed by atoms with Crippen LogP contribution in [-0.2, 0) is 16.0 Å². The first-order chi connectivity index (χ1) is 14.0. The summed E-state index contributed by atoms with van der Waals surface area (Å²) in [4.78, 5) is 42.3. The highest BCUT2D eigenvalue weighted by molar-refractivity contribution is 6.32. The van der Waals surface area contributed by atoms with Gasteiger partial charge in [0.1, 0.15) is 0 Å². The summed E-state index contributed by atoms with van der Waals surface area (Å²) in [6, 6.07) is 14.3. The molecule has 2 fully saturated rings. The number of benzene rings is 2. The number of para-hydroxylation sites is 1.